The summed E-state index contributed by atoms with van der Waals surface area (Å²) in [4.78, 5) is 11.7. The molecule has 1 fully saturated rings. The van der Waals surface area contributed by atoms with Gasteiger partial charge < -0.3 is 18.9 Å². The second kappa shape index (κ2) is 10.0. The lowest BCUT2D eigenvalue weighted by Gasteiger charge is -2.21. The monoisotopic (exact) mass is 460 g/mol. The second-order valence-corrected chi connectivity index (χ2v) is 7.41. The first-order valence-corrected chi connectivity index (χ1v) is 9.55. The minimum atomic E-state index is -0.470. The first kappa shape index (κ1) is 20.0. The van der Waals surface area contributed by atoms with Crippen molar-refractivity contribution in [2.24, 2.45) is 5.92 Å². The predicted octanol–water partition coefficient (Wildman–Crippen LogP) is 4.71. The number of halogens is 1. The quantitative estimate of drug-likeness (QED) is 0.140. The number of esters is 1. The van der Waals surface area contributed by atoms with Crippen LogP contribution in [0.1, 0.15) is 39.0 Å². The summed E-state index contributed by atoms with van der Waals surface area (Å²) in [7, 11) is 1.55. The van der Waals surface area contributed by atoms with Crippen LogP contribution >= 0.6 is 22.6 Å². The van der Waals surface area contributed by atoms with E-state index in [1.165, 1.54) is 32.1 Å². The van der Waals surface area contributed by atoms with E-state index < -0.39 is 5.97 Å². The maximum atomic E-state index is 11.7. The summed E-state index contributed by atoms with van der Waals surface area (Å²) >= 11 is 2.12. The molecule has 0 unspecified atom stereocenters. The summed E-state index contributed by atoms with van der Waals surface area (Å²) in [5.41, 5.74) is 0.338. The molecular formula is C19H25IO5. The SMILES string of the molecule is C=C(C)C(=O)Oc1cc(I)c(OCOCC2CCCCC2)c(OC)c1. The van der Waals surface area contributed by atoms with E-state index in [4.69, 9.17) is 18.9 Å². The Morgan fingerprint density at radius 1 is 1.28 bits per heavy atom. The van der Waals surface area contributed by atoms with Gasteiger partial charge in [-0.3, -0.25) is 0 Å². The van der Waals surface area contributed by atoms with Gasteiger partial charge in [0.15, 0.2) is 18.3 Å². The van der Waals surface area contributed by atoms with Gasteiger partial charge in [-0.2, -0.15) is 0 Å². The Kier molecular flexibility index (Phi) is 8.02. The summed E-state index contributed by atoms with van der Waals surface area (Å²) in [6.45, 7) is 6.08. The van der Waals surface area contributed by atoms with Crippen molar-refractivity contribution >= 4 is 28.6 Å². The zero-order valence-electron chi connectivity index (χ0n) is 14.8. The van der Waals surface area contributed by atoms with Gasteiger partial charge in [-0.15, -0.1) is 0 Å². The van der Waals surface area contributed by atoms with Crippen LogP contribution in [-0.4, -0.2) is 26.5 Å². The topological polar surface area (TPSA) is 54.0 Å². The van der Waals surface area contributed by atoms with Crippen LogP contribution in [0.5, 0.6) is 17.2 Å². The van der Waals surface area contributed by atoms with Crippen molar-refractivity contribution < 1.29 is 23.7 Å². The highest BCUT2D eigenvalue weighted by atomic mass is 127. The summed E-state index contributed by atoms with van der Waals surface area (Å²) in [5.74, 6) is 1.65. The summed E-state index contributed by atoms with van der Waals surface area (Å²) in [6, 6.07) is 3.35. The van der Waals surface area contributed by atoms with Crippen LogP contribution in [-0.2, 0) is 9.53 Å². The Morgan fingerprint density at radius 3 is 2.64 bits per heavy atom. The lowest BCUT2D eigenvalue weighted by molar-refractivity contribution is -0.130. The van der Waals surface area contributed by atoms with Crippen LogP contribution in [0.2, 0.25) is 0 Å². The average molecular weight is 460 g/mol. The van der Waals surface area contributed by atoms with E-state index in [9.17, 15) is 4.79 Å². The molecule has 0 spiro atoms. The van der Waals surface area contributed by atoms with Gasteiger partial charge >= 0.3 is 5.97 Å². The molecule has 1 aliphatic rings. The molecule has 1 aromatic carbocycles. The Morgan fingerprint density at radius 2 is 2.00 bits per heavy atom. The molecular weight excluding hydrogens is 435 g/mol. The van der Waals surface area contributed by atoms with Crippen LogP contribution in [0.15, 0.2) is 24.3 Å². The molecule has 1 aliphatic carbocycles. The van der Waals surface area contributed by atoms with Gasteiger partial charge in [0.2, 0.25) is 0 Å². The molecule has 0 aliphatic heterocycles. The molecule has 5 nitrogen and oxygen atoms in total. The van der Waals surface area contributed by atoms with Crippen molar-refractivity contribution in [2.45, 2.75) is 39.0 Å². The van der Waals surface area contributed by atoms with E-state index in [-0.39, 0.29) is 6.79 Å². The van der Waals surface area contributed by atoms with Crippen molar-refractivity contribution in [3.05, 3.63) is 27.9 Å². The van der Waals surface area contributed by atoms with E-state index >= 15 is 0 Å². The van der Waals surface area contributed by atoms with Gasteiger partial charge in [-0.1, -0.05) is 25.8 Å². The molecule has 0 bridgehead atoms. The lowest BCUT2D eigenvalue weighted by Crippen LogP contribution is -2.16. The zero-order valence-corrected chi connectivity index (χ0v) is 17.0. The van der Waals surface area contributed by atoms with Gasteiger partial charge in [-0.05, 0) is 54.3 Å². The highest BCUT2D eigenvalue weighted by Crippen LogP contribution is 2.37. The van der Waals surface area contributed by atoms with Gasteiger partial charge in [0.25, 0.3) is 0 Å². The Bertz CT molecular complexity index is 608. The number of carbonyl (C=O) groups is 1. The van der Waals surface area contributed by atoms with Crippen molar-refractivity contribution in [1.82, 2.24) is 0 Å². The Balaban J connectivity index is 1.92. The fraction of sp³-hybridized carbons (Fsp3) is 0.526. The normalized spacial score (nSPS) is 14.8. The number of hydrogen-bond acceptors (Lipinski definition) is 5. The third kappa shape index (κ3) is 6.18. The number of hydrogen-bond donors (Lipinski definition) is 0. The minimum Gasteiger partial charge on any atom is -0.493 e. The largest absolute Gasteiger partial charge is 0.493 e. The Hall–Kier alpha value is -1.28. The molecule has 1 aromatic rings. The van der Waals surface area contributed by atoms with Crippen molar-refractivity contribution in [2.75, 3.05) is 20.5 Å². The molecule has 0 radical (unpaired) electrons. The van der Waals surface area contributed by atoms with E-state index in [2.05, 4.69) is 29.2 Å². The third-order valence-corrected chi connectivity index (χ3v) is 4.93. The molecule has 0 saturated heterocycles. The van der Waals surface area contributed by atoms with Crippen LogP contribution in [0.4, 0.5) is 0 Å². The summed E-state index contributed by atoms with van der Waals surface area (Å²) in [6.07, 6.45) is 6.41. The third-order valence-electron chi connectivity index (χ3n) is 4.13. The van der Waals surface area contributed by atoms with Crippen molar-refractivity contribution in [3.63, 3.8) is 0 Å². The first-order chi connectivity index (χ1) is 12.0. The van der Waals surface area contributed by atoms with Gasteiger partial charge in [0.1, 0.15) is 5.75 Å². The molecule has 0 N–H and O–H groups in total. The van der Waals surface area contributed by atoms with E-state index in [0.29, 0.717) is 28.7 Å². The lowest BCUT2D eigenvalue weighted by atomic mass is 9.90. The highest BCUT2D eigenvalue weighted by Gasteiger charge is 2.16. The molecule has 1 saturated carbocycles. The molecule has 0 amide bonds. The molecule has 0 heterocycles. The molecule has 138 valence electrons. The highest BCUT2D eigenvalue weighted by molar-refractivity contribution is 14.1. The van der Waals surface area contributed by atoms with Crippen molar-refractivity contribution in [1.29, 1.82) is 0 Å². The zero-order chi connectivity index (χ0) is 18.2. The number of carbonyl (C=O) groups excluding carboxylic acids is 1. The number of ether oxygens (including phenoxy) is 4. The molecule has 6 heteroatoms. The summed E-state index contributed by atoms with van der Waals surface area (Å²) in [5, 5.41) is 0. The number of methoxy groups -OCH3 is 1. The molecule has 0 aromatic heterocycles. The van der Waals surface area contributed by atoms with Crippen LogP contribution in [0.25, 0.3) is 0 Å². The number of rotatable bonds is 8. The first-order valence-electron chi connectivity index (χ1n) is 8.47. The maximum absolute atomic E-state index is 11.7. The molecule has 2 rings (SSSR count). The standard InChI is InChI=1S/C19H25IO5/c1-13(2)19(21)25-15-9-16(20)18(17(10-15)22-3)24-12-23-11-14-7-5-4-6-8-14/h9-10,14H,1,4-8,11-12H2,2-3H3. The van der Waals surface area contributed by atoms with Gasteiger partial charge in [0, 0.05) is 11.6 Å². The van der Waals surface area contributed by atoms with Crippen molar-refractivity contribution in [3.8, 4) is 17.2 Å². The fourth-order valence-corrected chi connectivity index (χ4v) is 3.49. The smallest absolute Gasteiger partial charge is 0.338 e. The van der Waals surface area contributed by atoms with E-state index in [0.717, 1.165) is 10.2 Å². The summed E-state index contributed by atoms with van der Waals surface area (Å²) < 4.78 is 22.8. The number of benzene rings is 1. The van der Waals surface area contributed by atoms with E-state index in [1.807, 2.05) is 0 Å². The fourth-order valence-electron chi connectivity index (χ4n) is 2.76. The van der Waals surface area contributed by atoms with E-state index in [1.54, 1.807) is 26.2 Å². The van der Waals surface area contributed by atoms with Gasteiger partial charge in [-0.25, -0.2) is 4.79 Å². The average Bonchev–Trinajstić information content (AvgIpc) is 2.60. The van der Waals surface area contributed by atoms with Crippen LogP contribution in [0, 0.1) is 9.49 Å². The van der Waals surface area contributed by atoms with Crippen LogP contribution < -0.4 is 14.2 Å². The predicted molar refractivity (Wildman–Crippen MR) is 104 cm³/mol. The second-order valence-electron chi connectivity index (χ2n) is 6.24. The van der Waals surface area contributed by atoms with Gasteiger partial charge in [0.05, 0.1) is 17.3 Å². The molecule has 0 atom stereocenters. The molecule has 25 heavy (non-hydrogen) atoms. The Labute approximate surface area is 162 Å². The minimum absolute atomic E-state index is 0.174. The maximum Gasteiger partial charge on any atom is 0.338 e. The van der Waals surface area contributed by atoms with Crippen LogP contribution in [0.3, 0.4) is 0 Å².